The lowest BCUT2D eigenvalue weighted by Gasteiger charge is -2.28. The zero-order chi connectivity index (χ0) is 11.4. The van der Waals surface area contributed by atoms with Gasteiger partial charge < -0.3 is 10.5 Å². The molecular weight excluding hydrogens is 182 g/mol. The Hall–Kier alpha value is -0.900. The van der Waals surface area contributed by atoms with Gasteiger partial charge in [-0.05, 0) is 19.3 Å². The van der Waals surface area contributed by atoms with E-state index in [1.165, 1.54) is 6.92 Å². The van der Waals surface area contributed by atoms with E-state index in [4.69, 9.17) is 10.5 Å². The maximum Gasteiger partial charge on any atom is 0.306 e. The van der Waals surface area contributed by atoms with Crippen molar-refractivity contribution < 1.29 is 14.3 Å². The van der Waals surface area contributed by atoms with Crippen LogP contribution in [0.25, 0.3) is 0 Å². The second-order valence-electron chi connectivity index (χ2n) is 4.06. The fourth-order valence-electron chi connectivity index (χ4n) is 1.24. The first-order chi connectivity index (χ1) is 6.31. The predicted molar refractivity (Wildman–Crippen MR) is 53.7 cm³/mol. The van der Waals surface area contributed by atoms with E-state index in [0.29, 0.717) is 6.61 Å². The highest BCUT2D eigenvalue weighted by Crippen LogP contribution is 2.24. The maximum atomic E-state index is 11.2. The summed E-state index contributed by atoms with van der Waals surface area (Å²) in [5.74, 6) is -0.423. The molecule has 0 saturated carbocycles. The molecule has 0 aliphatic carbocycles. The van der Waals surface area contributed by atoms with E-state index < -0.39 is 11.5 Å². The molecule has 0 bridgehead atoms. The van der Waals surface area contributed by atoms with E-state index in [1.807, 2.05) is 0 Å². The number of ketones is 1. The maximum absolute atomic E-state index is 11.2. The van der Waals surface area contributed by atoms with Crippen LogP contribution in [-0.2, 0) is 14.3 Å². The fraction of sp³-hybridized carbons (Fsp3) is 0.800. The van der Waals surface area contributed by atoms with Crippen molar-refractivity contribution in [2.45, 2.75) is 40.2 Å². The molecule has 14 heavy (non-hydrogen) atoms. The van der Waals surface area contributed by atoms with Crippen molar-refractivity contribution in [3.05, 3.63) is 0 Å². The highest BCUT2D eigenvalue weighted by Gasteiger charge is 2.32. The molecule has 1 atom stereocenters. The van der Waals surface area contributed by atoms with Gasteiger partial charge in [0.25, 0.3) is 0 Å². The van der Waals surface area contributed by atoms with E-state index in [-0.39, 0.29) is 18.2 Å². The third kappa shape index (κ3) is 3.87. The van der Waals surface area contributed by atoms with Crippen LogP contribution in [0.4, 0.5) is 0 Å². The average Bonchev–Trinajstić information content (AvgIpc) is 2.02. The number of rotatable bonds is 5. The number of ether oxygens (including phenoxy) is 1. The molecule has 0 radical (unpaired) electrons. The van der Waals surface area contributed by atoms with Crippen molar-refractivity contribution >= 4 is 11.8 Å². The molecule has 0 aliphatic heterocycles. The van der Waals surface area contributed by atoms with Crippen molar-refractivity contribution in [2.75, 3.05) is 6.61 Å². The van der Waals surface area contributed by atoms with Gasteiger partial charge in [0.2, 0.25) is 0 Å². The number of nitrogens with two attached hydrogens (primary N) is 1. The Labute approximate surface area is 84.8 Å². The topological polar surface area (TPSA) is 69.4 Å². The molecule has 4 nitrogen and oxygen atoms in total. The molecule has 0 aromatic carbocycles. The van der Waals surface area contributed by atoms with Gasteiger partial charge in [-0.1, -0.05) is 13.8 Å². The number of carbonyl (C=O) groups is 2. The van der Waals surface area contributed by atoms with Gasteiger partial charge in [0.1, 0.15) is 5.78 Å². The summed E-state index contributed by atoms with van der Waals surface area (Å²) in [4.78, 5) is 22.2. The van der Waals surface area contributed by atoms with Crippen molar-refractivity contribution in [1.82, 2.24) is 0 Å². The third-order valence-electron chi connectivity index (χ3n) is 2.19. The van der Waals surface area contributed by atoms with Crippen LogP contribution < -0.4 is 5.73 Å². The minimum Gasteiger partial charge on any atom is -0.466 e. The minimum atomic E-state index is -0.619. The molecule has 0 rings (SSSR count). The SMILES string of the molecule is CCOC(=O)CC(C)(C)C(N)C(C)=O. The Balaban J connectivity index is 4.32. The molecule has 0 amide bonds. The molecule has 0 fully saturated rings. The molecule has 0 aromatic rings. The summed E-state index contributed by atoms with van der Waals surface area (Å²) >= 11 is 0. The number of carbonyl (C=O) groups excluding carboxylic acids is 2. The monoisotopic (exact) mass is 201 g/mol. The average molecular weight is 201 g/mol. The highest BCUT2D eigenvalue weighted by molar-refractivity contribution is 5.83. The van der Waals surface area contributed by atoms with Gasteiger partial charge >= 0.3 is 5.97 Å². The van der Waals surface area contributed by atoms with Gasteiger partial charge in [0, 0.05) is 0 Å². The summed E-state index contributed by atoms with van der Waals surface area (Å²) < 4.78 is 4.80. The van der Waals surface area contributed by atoms with E-state index in [0.717, 1.165) is 0 Å². The number of esters is 1. The summed E-state index contributed by atoms with van der Waals surface area (Å²) in [5, 5.41) is 0. The Bertz CT molecular complexity index is 223. The van der Waals surface area contributed by atoms with E-state index >= 15 is 0 Å². The predicted octanol–water partition coefficient (Wildman–Crippen LogP) is 0.882. The lowest BCUT2D eigenvalue weighted by atomic mass is 9.80. The zero-order valence-corrected chi connectivity index (χ0v) is 9.29. The molecule has 0 aromatic heterocycles. The van der Waals surface area contributed by atoms with E-state index in [2.05, 4.69) is 0 Å². The van der Waals surface area contributed by atoms with Gasteiger partial charge in [0.15, 0.2) is 0 Å². The molecule has 2 N–H and O–H groups in total. The molecule has 1 unspecified atom stereocenters. The summed E-state index contributed by atoms with van der Waals surface area (Å²) in [5.41, 5.74) is 5.14. The lowest BCUT2D eigenvalue weighted by molar-refractivity contribution is -0.146. The molecule has 0 heterocycles. The Morgan fingerprint density at radius 1 is 1.43 bits per heavy atom. The molecule has 4 heteroatoms. The second-order valence-corrected chi connectivity index (χ2v) is 4.06. The summed E-state index contributed by atoms with van der Waals surface area (Å²) in [6, 6.07) is -0.619. The number of Topliss-reactive ketones (excluding diaryl/α,β-unsaturated/α-hetero) is 1. The van der Waals surface area contributed by atoms with Crippen LogP contribution in [0.1, 0.15) is 34.1 Å². The van der Waals surface area contributed by atoms with Gasteiger partial charge in [-0.15, -0.1) is 0 Å². The van der Waals surface area contributed by atoms with Gasteiger partial charge in [-0.3, -0.25) is 9.59 Å². The smallest absolute Gasteiger partial charge is 0.306 e. The number of hydrogen-bond donors (Lipinski definition) is 1. The zero-order valence-electron chi connectivity index (χ0n) is 9.29. The quantitative estimate of drug-likeness (QED) is 0.670. The van der Waals surface area contributed by atoms with Crippen LogP contribution in [0.3, 0.4) is 0 Å². The second kappa shape index (κ2) is 5.10. The molecule has 0 aliphatic rings. The summed E-state index contributed by atoms with van der Waals surface area (Å²) in [6.07, 6.45) is 0.168. The fourth-order valence-corrected chi connectivity index (χ4v) is 1.24. The van der Waals surface area contributed by atoms with E-state index in [9.17, 15) is 9.59 Å². The molecule has 82 valence electrons. The van der Waals surface area contributed by atoms with Crippen LogP contribution in [0.5, 0.6) is 0 Å². The van der Waals surface area contributed by atoms with Crippen molar-refractivity contribution in [1.29, 1.82) is 0 Å². The first-order valence-corrected chi connectivity index (χ1v) is 4.73. The minimum absolute atomic E-state index is 0.112. The van der Waals surface area contributed by atoms with Crippen LogP contribution in [0.2, 0.25) is 0 Å². The van der Waals surface area contributed by atoms with Crippen molar-refractivity contribution in [3.63, 3.8) is 0 Å². The Kier molecular flexibility index (Phi) is 4.77. The van der Waals surface area contributed by atoms with Crippen molar-refractivity contribution in [2.24, 2.45) is 11.1 Å². The molecule has 0 spiro atoms. The van der Waals surface area contributed by atoms with Gasteiger partial charge in [-0.25, -0.2) is 0 Å². The summed E-state index contributed by atoms with van der Waals surface area (Å²) in [7, 11) is 0. The van der Waals surface area contributed by atoms with Gasteiger partial charge in [-0.2, -0.15) is 0 Å². The summed E-state index contributed by atoms with van der Waals surface area (Å²) in [6.45, 7) is 7.10. The normalized spacial score (nSPS) is 13.5. The molecule has 0 saturated heterocycles. The number of hydrogen-bond acceptors (Lipinski definition) is 4. The van der Waals surface area contributed by atoms with E-state index in [1.54, 1.807) is 20.8 Å². The first kappa shape index (κ1) is 13.1. The Morgan fingerprint density at radius 3 is 2.29 bits per heavy atom. The standard InChI is InChI=1S/C10H19NO3/c1-5-14-8(13)6-10(3,4)9(11)7(2)12/h9H,5-6,11H2,1-4H3. The van der Waals surface area contributed by atoms with Crippen LogP contribution in [0, 0.1) is 5.41 Å². The Morgan fingerprint density at radius 2 is 1.93 bits per heavy atom. The highest BCUT2D eigenvalue weighted by atomic mass is 16.5. The van der Waals surface area contributed by atoms with Crippen LogP contribution >= 0.6 is 0 Å². The lowest BCUT2D eigenvalue weighted by Crippen LogP contribution is -2.44. The molecular formula is C10H19NO3. The largest absolute Gasteiger partial charge is 0.466 e. The van der Waals surface area contributed by atoms with Gasteiger partial charge in [0.05, 0.1) is 19.1 Å². The van der Waals surface area contributed by atoms with Crippen LogP contribution in [-0.4, -0.2) is 24.4 Å². The third-order valence-corrected chi connectivity index (χ3v) is 2.19. The van der Waals surface area contributed by atoms with Crippen molar-refractivity contribution in [3.8, 4) is 0 Å². The first-order valence-electron chi connectivity index (χ1n) is 4.73. The van der Waals surface area contributed by atoms with Crippen LogP contribution in [0.15, 0.2) is 0 Å².